The molecular formula is C36H41FN2O7. The van der Waals surface area contributed by atoms with Crippen molar-refractivity contribution < 1.29 is 38.8 Å². The molecule has 4 rings (SSSR count). The maximum atomic E-state index is 14.3. The molecule has 0 aliphatic rings. The molecule has 0 fully saturated rings. The number of ether oxygens (including phenoxy) is 2. The number of nitrogens with one attached hydrogen (secondary N) is 1. The molecule has 0 bridgehead atoms. The minimum absolute atomic E-state index is 0.113. The van der Waals surface area contributed by atoms with Crippen LogP contribution in [0.1, 0.15) is 66.9 Å². The standard InChI is InChI=1S/C36H41FN2O7/c1-22(2)33-32(35(44)38-27-16-12-25(13-17-27)36(45-3)46-4)31(23-8-6-5-7-9-23)34(24-10-14-26(37)15-11-24)39(33)19-18-28(40)20-29(41)21-30(42)43/h5-17,22,28-29,36,40-41H,18-21H2,1-4H3,(H,38,44)(H,42,43)/t28-,29-/m1/s1. The number of rotatable bonds is 15. The monoisotopic (exact) mass is 632 g/mol. The summed E-state index contributed by atoms with van der Waals surface area (Å²) in [6.07, 6.45) is -3.16. The largest absolute Gasteiger partial charge is 0.481 e. The first-order valence-electron chi connectivity index (χ1n) is 15.2. The first-order chi connectivity index (χ1) is 22.0. The maximum absolute atomic E-state index is 14.3. The van der Waals surface area contributed by atoms with E-state index in [9.17, 15) is 24.2 Å². The van der Waals surface area contributed by atoms with Gasteiger partial charge in [0.2, 0.25) is 0 Å². The third kappa shape index (κ3) is 8.27. The predicted octanol–water partition coefficient (Wildman–Crippen LogP) is 6.61. The van der Waals surface area contributed by atoms with E-state index in [0.29, 0.717) is 33.8 Å². The summed E-state index contributed by atoms with van der Waals surface area (Å²) in [4.78, 5) is 25.4. The Morgan fingerprint density at radius 1 is 0.870 bits per heavy atom. The first kappa shape index (κ1) is 34.5. The van der Waals surface area contributed by atoms with Gasteiger partial charge in [-0.05, 0) is 66.3 Å². The fraction of sp³-hybridized carbons (Fsp3) is 0.333. The van der Waals surface area contributed by atoms with E-state index in [-0.39, 0.29) is 31.2 Å². The fourth-order valence-corrected chi connectivity index (χ4v) is 5.77. The second-order valence-electron chi connectivity index (χ2n) is 11.5. The topological polar surface area (TPSA) is 130 Å². The minimum atomic E-state index is -1.20. The summed E-state index contributed by atoms with van der Waals surface area (Å²) in [6, 6.07) is 22.7. The van der Waals surface area contributed by atoms with Crippen molar-refractivity contribution in [3.8, 4) is 22.4 Å². The molecule has 2 atom stereocenters. The lowest BCUT2D eigenvalue weighted by Crippen LogP contribution is -2.22. The molecule has 0 saturated heterocycles. The zero-order valence-electron chi connectivity index (χ0n) is 26.4. The van der Waals surface area contributed by atoms with Crippen LogP contribution in [-0.4, -0.2) is 58.2 Å². The maximum Gasteiger partial charge on any atom is 0.305 e. The Morgan fingerprint density at radius 3 is 2.07 bits per heavy atom. The summed E-state index contributed by atoms with van der Waals surface area (Å²) in [7, 11) is 3.09. The van der Waals surface area contributed by atoms with Crippen LogP contribution >= 0.6 is 0 Å². The number of benzene rings is 3. The molecule has 9 nitrogen and oxygen atoms in total. The number of hydrogen-bond donors (Lipinski definition) is 4. The Bertz CT molecular complexity index is 1600. The first-order valence-corrected chi connectivity index (χ1v) is 15.2. The molecular weight excluding hydrogens is 591 g/mol. The Balaban J connectivity index is 1.85. The highest BCUT2D eigenvalue weighted by Crippen LogP contribution is 2.42. The predicted molar refractivity (Wildman–Crippen MR) is 174 cm³/mol. The van der Waals surface area contributed by atoms with Gasteiger partial charge in [-0.25, -0.2) is 4.39 Å². The fourth-order valence-electron chi connectivity index (χ4n) is 5.77. The van der Waals surface area contributed by atoms with Gasteiger partial charge in [-0.1, -0.05) is 56.3 Å². The van der Waals surface area contributed by atoms with Crippen LogP contribution in [0.15, 0.2) is 78.9 Å². The van der Waals surface area contributed by atoms with Crippen molar-refractivity contribution in [2.24, 2.45) is 0 Å². The molecule has 244 valence electrons. The van der Waals surface area contributed by atoms with E-state index in [4.69, 9.17) is 14.6 Å². The molecule has 0 unspecified atom stereocenters. The van der Waals surface area contributed by atoms with Crippen LogP contribution in [0, 0.1) is 5.82 Å². The van der Waals surface area contributed by atoms with Crippen molar-refractivity contribution in [2.75, 3.05) is 19.5 Å². The number of aliphatic carboxylic acids is 1. The quantitative estimate of drug-likeness (QED) is 0.109. The van der Waals surface area contributed by atoms with E-state index in [2.05, 4.69) is 5.32 Å². The number of carboxylic acid groups (broad SMARTS) is 1. The Morgan fingerprint density at radius 2 is 1.50 bits per heavy atom. The highest BCUT2D eigenvalue weighted by atomic mass is 19.1. The van der Waals surface area contributed by atoms with Gasteiger partial charge in [0.1, 0.15) is 5.82 Å². The van der Waals surface area contributed by atoms with Crippen LogP contribution in [-0.2, 0) is 20.8 Å². The number of halogens is 1. The number of amides is 1. The van der Waals surface area contributed by atoms with Crippen LogP contribution in [0.25, 0.3) is 22.4 Å². The molecule has 0 aliphatic carbocycles. The summed E-state index contributed by atoms with van der Waals surface area (Å²) in [6.45, 7) is 4.20. The van der Waals surface area contributed by atoms with Gasteiger partial charge in [-0.3, -0.25) is 9.59 Å². The van der Waals surface area contributed by atoms with Gasteiger partial charge in [0.05, 0.1) is 29.9 Å². The lowest BCUT2D eigenvalue weighted by atomic mass is 9.94. The number of aliphatic hydroxyl groups excluding tert-OH is 2. The van der Waals surface area contributed by atoms with Crippen LogP contribution in [0.5, 0.6) is 0 Å². The molecule has 4 aromatic rings. The number of aliphatic hydroxyl groups is 2. The molecule has 0 radical (unpaired) electrons. The molecule has 0 spiro atoms. The van der Waals surface area contributed by atoms with E-state index < -0.39 is 36.7 Å². The highest BCUT2D eigenvalue weighted by Gasteiger charge is 2.31. The lowest BCUT2D eigenvalue weighted by molar-refractivity contribution is -0.139. The third-order valence-electron chi connectivity index (χ3n) is 7.77. The average Bonchev–Trinajstić information content (AvgIpc) is 3.37. The van der Waals surface area contributed by atoms with E-state index in [1.54, 1.807) is 38.5 Å². The summed E-state index contributed by atoms with van der Waals surface area (Å²) >= 11 is 0. The number of nitrogens with zero attached hydrogens (tertiary/aromatic N) is 1. The van der Waals surface area contributed by atoms with Crippen LogP contribution in [0.3, 0.4) is 0 Å². The van der Waals surface area contributed by atoms with E-state index in [1.165, 1.54) is 12.1 Å². The zero-order valence-corrected chi connectivity index (χ0v) is 26.4. The van der Waals surface area contributed by atoms with Crippen molar-refractivity contribution in [1.82, 2.24) is 4.57 Å². The smallest absolute Gasteiger partial charge is 0.305 e. The van der Waals surface area contributed by atoms with Crippen molar-refractivity contribution in [2.45, 2.75) is 64.1 Å². The second-order valence-corrected chi connectivity index (χ2v) is 11.5. The Hall–Kier alpha value is -4.35. The molecule has 1 heterocycles. The lowest BCUT2D eigenvalue weighted by Gasteiger charge is -2.20. The second kappa shape index (κ2) is 15.8. The Labute approximate surface area is 268 Å². The number of methoxy groups -OCH3 is 2. The van der Waals surface area contributed by atoms with Gasteiger partial charge in [0.15, 0.2) is 6.29 Å². The number of hydrogen-bond acceptors (Lipinski definition) is 6. The molecule has 0 saturated carbocycles. The van der Waals surface area contributed by atoms with E-state index >= 15 is 0 Å². The van der Waals surface area contributed by atoms with Crippen LogP contribution in [0.4, 0.5) is 10.1 Å². The average molecular weight is 633 g/mol. The van der Waals surface area contributed by atoms with Crippen LogP contribution in [0.2, 0.25) is 0 Å². The summed E-state index contributed by atoms with van der Waals surface area (Å²) in [5.41, 5.74) is 5.29. The summed E-state index contributed by atoms with van der Waals surface area (Å²) < 4.78 is 26.8. The van der Waals surface area contributed by atoms with Crippen molar-refractivity contribution >= 4 is 17.6 Å². The third-order valence-corrected chi connectivity index (χ3v) is 7.77. The number of carboxylic acids is 1. The van der Waals surface area contributed by atoms with Gasteiger partial charge >= 0.3 is 5.97 Å². The molecule has 1 aromatic heterocycles. The number of anilines is 1. The van der Waals surface area contributed by atoms with Gasteiger partial charge in [-0.15, -0.1) is 0 Å². The molecule has 46 heavy (non-hydrogen) atoms. The normalized spacial score (nSPS) is 12.8. The van der Waals surface area contributed by atoms with Gasteiger partial charge in [0.25, 0.3) is 5.91 Å². The molecule has 0 aliphatic heterocycles. The van der Waals surface area contributed by atoms with Crippen LogP contribution < -0.4 is 5.32 Å². The van der Waals surface area contributed by atoms with Crippen molar-refractivity contribution in [3.63, 3.8) is 0 Å². The highest BCUT2D eigenvalue weighted by molar-refractivity contribution is 6.12. The Kier molecular flexibility index (Phi) is 11.8. The number of carbonyl (C=O) groups excluding carboxylic acids is 1. The van der Waals surface area contributed by atoms with E-state index in [0.717, 1.165) is 11.1 Å². The number of carbonyl (C=O) groups is 2. The number of aromatic nitrogens is 1. The van der Waals surface area contributed by atoms with Gasteiger partial charge in [-0.2, -0.15) is 0 Å². The van der Waals surface area contributed by atoms with Crippen molar-refractivity contribution in [3.05, 3.63) is 102 Å². The zero-order chi connectivity index (χ0) is 33.4. The SMILES string of the molecule is COC(OC)c1ccc(NC(=O)c2c(-c3ccccc3)c(-c3ccc(F)cc3)n(CC[C@@H](O)C[C@@H](O)CC(=O)O)c2C(C)C)cc1. The van der Waals surface area contributed by atoms with Gasteiger partial charge < -0.3 is 34.7 Å². The van der Waals surface area contributed by atoms with Gasteiger partial charge in [0, 0.05) is 43.3 Å². The van der Waals surface area contributed by atoms with Crippen molar-refractivity contribution in [1.29, 1.82) is 0 Å². The summed E-state index contributed by atoms with van der Waals surface area (Å²) in [5, 5.41) is 33.0. The summed E-state index contributed by atoms with van der Waals surface area (Å²) in [5.74, 6) is -2.05. The molecule has 3 aromatic carbocycles. The molecule has 4 N–H and O–H groups in total. The minimum Gasteiger partial charge on any atom is -0.481 e. The molecule has 1 amide bonds. The molecule has 10 heteroatoms. The van der Waals surface area contributed by atoms with E-state index in [1.807, 2.05) is 60.9 Å².